The van der Waals surface area contributed by atoms with E-state index in [9.17, 15) is 4.79 Å². The molecule has 0 atom stereocenters. The lowest BCUT2D eigenvalue weighted by molar-refractivity contribution is 0.177. The molecule has 1 aliphatic carbocycles. The maximum absolute atomic E-state index is 12.5. The molecule has 26 heavy (non-hydrogen) atoms. The van der Waals surface area contributed by atoms with Gasteiger partial charge in [-0.25, -0.2) is 14.5 Å². The van der Waals surface area contributed by atoms with Crippen molar-refractivity contribution in [3.63, 3.8) is 0 Å². The summed E-state index contributed by atoms with van der Waals surface area (Å²) >= 11 is 0. The maximum Gasteiger partial charge on any atom is 0.315 e. The van der Waals surface area contributed by atoms with E-state index in [1.54, 1.807) is 17.1 Å². The summed E-state index contributed by atoms with van der Waals surface area (Å²) in [5.41, 5.74) is 1.83. The summed E-state index contributed by atoms with van der Waals surface area (Å²) in [5, 5.41) is 10.4. The van der Waals surface area contributed by atoms with Crippen molar-refractivity contribution in [2.45, 2.75) is 31.3 Å². The van der Waals surface area contributed by atoms with Gasteiger partial charge in [-0.15, -0.1) is 0 Å². The van der Waals surface area contributed by atoms with Gasteiger partial charge in [0, 0.05) is 30.7 Å². The molecule has 1 fully saturated rings. The number of pyridine rings is 1. The van der Waals surface area contributed by atoms with E-state index in [4.69, 9.17) is 0 Å². The van der Waals surface area contributed by atoms with Gasteiger partial charge in [-0.3, -0.25) is 0 Å². The van der Waals surface area contributed by atoms with Crippen LogP contribution in [-0.2, 0) is 12.1 Å². The minimum absolute atomic E-state index is 0.163. The number of amides is 2. The van der Waals surface area contributed by atoms with E-state index in [1.165, 1.54) is 5.56 Å². The SMILES string of the molecule is O=C(NCc1cccnc1-n1cccn1)NC1(c2ccccc2)CCC1. The molecule has 6 nitrogen and oxygen atoms in total. The van der Waals surface area contributed by atoms with Gasteiger partial charge in [-0.05, 0) is 37.0 Å². The lowest BCUT2D eigenvalue weighted by atomic mass is 9.72. The van der Waals surface area contributed by atoms with Crippen molar-refractivity contribution < 1.29 is 4.79 Å². The van der Waals surface area contributed by atoms with Crippen LogP contribution < -0.4 is 10.6 Å². The zero-order valence-corrected chi connectivity index (χ0v) is 14.4. The molecule has 1 saturated carbocycles. The molecule has 0 unspecified atom stereocenters. The van der Waals surface area contributed by atoms with Crippen molar-refractivity contribution in [1.29, 1.82) is 0 Å². The normalized spacial score (nSPS) is 15.1. The Morgan fingerprint density at radius 2 is 1.92 bits per heavy atom. The number of rotatable bonds is 5. The van der Waals surface area contributed by atoms with Gasteiger partial charge in [0.25, 0.3) is 0 Å². The largest absolute Gasteiger partial charge is 0.334 e. The van der Waals surface area contributed by atoms with Gasteiger partial charge in [0.05, 0.1) is 5.54 Å². The van der Waals surface area contributed by atoms with Gasteiger partial charge >= 0.3 is 6.03 Å². The minimum Gasteiger partial charge on any atom is -0.334 e. The van der Waals surface area contributed by atoms with Crippen LogP contribution in [0.5, 0.6) is 0 Å². The van der Waals surface area contributed by atoms with E-state index in [0.717, 1.165) is 30.6 Å². The van der Waals surface area contributed by atoms with Crippen molar-refractivity contribution >= 4 is 6.03 Å². The van der Waals surface area contributed by atoms with Gasteiger partial charge < -0.3 is 10.6 Å². The van der Waals surface area contributed by atoms with E-state index < -0.39 is 0 Å². The van der Waals surface area contributed by atoms with Gasteiger partial charge in [0.2, 0.25) is 0 Å². The highest BCUT2D eigenvalue weighted by Crippen LogP contribution is 2.41. The molecule has 4 rings (SSSR count). The standard InChI is InChI=1S/C20H21N5O/c26-19(24-20(10-5-11-20)17-8-2-1-3-9-17)22-15-16-7-4-12-21-18(16)25-14-6-13-23-25/h1-4,6-9,12-14H,5,10-11,15H2,(H2,22,24,26). The van der Waals surface area contributed by atoms with Crippen molar-refractivity contribution in [3.8, 4) is 5.82 Å². The Kier molecular flexibility index (Phi) is 4.39. The second kappa shape index (κ2) is 7.00. The van der Waals surface area contributed by atoms with E-state index in [1.807, 2.05) is 42.6 Å². The smallest absolute Gasteiger partial charge is 0.315 e. The highest BCUT2D eigenvalue weighted by atomic mass is 16.2. The van der Waals surface area contributed by atoms with Crippen LogP contribution in [0, 0.1) is 0 Å². The monoisotopic (exact) mass is 347 g/mol. The highest BCUT2D eigenvalue weighted by Gasteiger charge is 2.39. The average molecular weight is 347 g/mol. The molecule has 132 valence electrons. The van der Waals surface area contributed by atoms with Crippen molar-refractivity contribution in [1.82, 2.24) is 25.4 Å². The number of aromatic nitrogens is 3. The molecule has 1 aliphatic rings. The Morgan fingerprint density at radius 3 is 2.62 bits per heavy atom. The van der Waals surface area contributed by atoms with E-state index in [-0.39, 0.29) is 11.6 Å². The zero-order chi connectivity index (χ0) is 17.8. The van der Waals surface area contributed by atoms with E-state index in [0.29, 0.717) is 6.54 Å². The average Bonchev–Trinajstić information content (AvgIpc) is 3.18. The second-order valence-electron chi connectivity index (χ2n) is 6.55. The number of benzene rings is 1. The first-order chi connectivity index (χ1) is 12.8. The molecule has 6 heteroatoms. The molecule has 0 radical (unpaired) electrons. The van der Waals surface area contributed by atoms with Crippen LogP contribution in [0.4, 0.5) is 4.79 Å². The lowest BCUT2D eigenvalue weighted by Gasteiger charge is -2.43. The van der Waals surface area contributed by atoms with Gasteiger partial charge in [0.15, 0.2) is 5.82 Å². The highest BCUT2D eigenvalue weighted by molar-refractivity contribution is 5.75. The first-order valence-electron chi connectivity index (χ1n) is 8.82. The van der Waals surface area contributed by atoms with E-state index in [2.05, 4.69) is 32.8 Å². The fourth-order valence-corrected chi connectivity index (χ4v) is 3.38. The minimum atomic E-state index is -0.245. The van der Waals surface area contributed by atoms with Crippen LogP contribution in [-0.4, -0.2) is 20.8 Å². The van der Waals surface area contributed by atoms with Gasteiger partial charge in [0.1, 0.15) is 0 Å². The zero-order valence-electron chi connectivity index (χ0n) is 14.4. The van der Waals surface area contributed by atoms with Crippen LogP contribution in [0.25, 0.3) is 5.82 Å². The molecule has 1 aromatic carbocycles. The predicted molar refractivity (Wildman–Crippen MR) is 98.7 cm³/mol. The lowest BCUT2D eigenvalue weighted by Crippen LogP contribution is -2.53. The van der Waals surface area contributed by atoms with Crippen LogP contribution >= 0.6 is 0 Å². The van der Waals surface area contributed by atoms with Crippen LogP contribution in [0.3, 0.4) is 0 Å². The number of hydrogen-bond donors (Lipinski definition) is 2. The van der Waals surface area contributed by atoms with Gasteiger partial charge in [-0.1, -0.05) is 36.4 Å². The Hall–Kier alpha value is -3.15. The summed E-state index contributed by atoms with van der Waals surface area (Å²) in [7, 11) is 0. The molecular formula is C20H21N5O. The predicted octanol–water partition coefficient (Wildman–Crippen LogP) is 3.15. The van der Waals surface area contributed by atoms with Crippen LogP contribution in [0.15, 0.2) is 67.1 Å². The Bertz CT molecular complexity index is 872. The molecule has 3 aromatic rings. The Labute approximate surface area is 152 Å². The van der Waals surface area contributed by atoms with E-state index >= 15 is 0 Å². The van der Waals surface area contributed by atoms with Crippen LogP contribution in [0.2, 0.25) is 0 Å². The number of urea groups is 1. The molecular weight excluding hydrogens is 326 g/mol. The molecule has 2 amide bonds. The molecule has 2 N–H and O–H groups in total. The summed E-state index contributed by atoms with van der Waals surface area (Å²) in [5.74, 6) is 0.721. The van der Waals surface area contributed by atoms with Crippen molar-refractivity contribution in [3.05, 3.63) is 78.2 Å². The van der Waals surface area contributed by atoms with Crippen molar-refractivity contribution in [2.75, 3.05) is 0 Å². The molecule has 0 saturated heterocycles. The quantitative estimate of drug-likeness (QED) is 0.745. The summed E-state index contributed by atoms with van der Waals surface area (Å²) < 4.78 is 1.70. The first kappa shape index (κ1) is 16.3. The third kappa shape index (κ3) is 3.18. The third-order valence-corrected chi connectivity index (χ3v) is 4.91. The van der Waals surface area contributed by atoms with Crippen molar-refractivity contribution in [2.24, 2.45) is 0 Å². The Balaban J connectivity index is 1.44. The third-order valence-electron chi connectivity index (χ3n) is 4.91. The maximum atomic E-state index is 12.5. The van der Waals surface area contributed by atoms with Crippen LogP contribution in [0.1, 0.15) is 30.4 Å². The molecule has 0 aliphatic heterocycles. The summed E-state index contributed by atoms with van der Waals surface area (Å²) in [6.07, 6.45) is 8.33. The molecule has 2 aromatic heterocycles. The topological polar surface area (TPSA) is 71.8 Å². The fraction of sp³-hybridized carbons (Fsp3) is 0.250. The van der Waals surface area contributed by atoms with Gasteiger partial charge in [-0.2, -0.15) is 5.10 Å². The first-order valence-corrected chi connectivity index (χ1v) is 8.82. The second-order valence-corrected chi connectivity index (χ2v) is 6.55. The number of hydrogen-bond acceptors (Lipinski definition) is 3. The fourth-order valence-electron chi connectivity index (χ4n) is 3.38. The summed E-state index contributed by atoms with van der Waals surface area (Å²) in [6.45, 7) is 0.389. The molecule has 0 bridgehead atoms. The summed E-state index contributed by atoms with van der Waals surface area (Å²) in [4.78, 5) is 16.9. The summed E-state index contributed by atoms with van der Waals surface area (Å²) in [6, 6.07) is 15.7. The number of nitrogens with zero attached hydrogens (tertiary/aromatic N) is 3. The number of nitrogens with one attached hydrogen (secondary N) is 2. The number of carbonyl (C=O) groups excluding carboxylic acids is 1. The Morgan fingerprint density at radius 1 is 1.08 bits per heavy atom. The molecule has 0 spiro atoms. The molecule has 2 heterocycles. The number of carbonyl (C=O) groups is 1.